The molecule has 1 atom stereocenters. The molecule has 1 amide bonds. The highest BCUT2D eigenvalue weighted by atomic mass is 16.1. The number of nitrogens with one attached hydrogen (secondary N) is 1. The first-order valence-electron chi connectivity index (χ1n) is 10.0. The first-order chi connectivity index (χ1) is 14.0. The largest absolute Gasteiger partial charge is 0.350 e. The fourth-order valence-electron chi connectivity index (χ4n) is 4.04. The van der Waals surface area contributed by atoms with Crippen molar-refractivity contribution in [2.24, 2.45) is 0 Å². The molecule has 0 saturated carbocycles. The number of nitrogens with zero attached hydrogens (tertiary/aromatic N) is 3. The molecule has 2 heterocycles. The standard InChI is InChI=1S/C24H26N4O/c1-15-9-5-6-10-19(15)16(2)25-23(29)14-13-20-17(3)26-24-21-11-7-8-12-22(21)27-28(24)18(20)4/h5-12,16H,13-14H2,1-4H3,(H,25,29)/t16-/m0/s1. The SMILES string of the molecule is Cc1ccccc1[C@H](C)NC(=O)CCc1c(C)nc2c3ccccc3nn2c1C. The fourth-order valence-corrected chi connectivity index (χ4v) is 4.04. The van der Waals surface area contributed by atoms with Crippen LogP contribution in [0.15, 0.2) is 48.5 Å². The summed E-state index contributed by atoms with van der Waals surface area (Å²) in [6.07, 6.45) is 1.06. The lowest BCUT2D eigenvalue weighted by Crippen LogP contribution is -2.27. The first kappa shape index (κ1) is 19.1. The molecular weight excluding hydrogens is 360 g/mol. The number of aryl methyl sites for hydroxylation is 3. The van der Waals surface area contributed by atoms with Gasteiger partial charge in [-0.2, -0.15) is 5.10 Å². The van der Waals surface area contributed by atoms with Gasteiger partial charge in [-0.25, -0.2) is 9.50 Å². The first-order valence-corrected chi connectivity index (χ1v) is 10.0. The van der Waals surface area contributed by atoms with E-state index in [1.165, 1.54) is 5.56 Å². The maximum atomic E-state index is 12.6. The van der Waals surface area contributed by atoms with Crippen molar-refractivity contribution in [3.8, 4) is 0 Å². The average Bonchev–Trinajstić information content (AvgIpc) is 3.07. The highest BCUT2D eigenvalue weighted by Crippen LogP contribution is 2.23. The van der Waals surface area contributed by atoms with Crippen LogP contribution in [0.4, 0.5) is 0 Å². The Morgan fingerprint density at radius 3 is 2.59 bits per heavy atom. The molecule has 29 heavy (non-hydrogen) atoms. The topological polar surface area (TPSA) is 59.3 Å². The van der Waals surface area contributed by atoms with Crippen molar-refractivity contribution < 1.29 is 4.79 Å². The van der Waals surface area contributed by atoms with Gasteiger partial charge in [0, 0.05) is 23.2 Å². The Bertz CT molecular complexity index is 1210. The number of amides is 1. The number of rotatable bonds is 5. The summed E-state index contributed by atoms with van der Waals surface area (Å²) in [6, 6.07) is 16.2. The van der Waals surface area contributed by atoms with Gasteiger partial charge in [0.2, 0.25) is 5.91 Å². The minimum Gasteiger partial charge on any atom is -0.350 e. The molecule has 4 aromatic rings. The third kappa shape index (κ3) is 3.60. The number of hydrogen-bond acceptors (Lipinski definition) is 3. The number of aromatic nitrogens is 3. The minimum atomic E-state index is -0.0112. The summed E-state index contributed by atoms with van der Waals surface area (Å²) in [6.45, 7) is 8.16. The van der Waals surface area contributed by atoms with Crippen LogP contribution < -0.4 is 5.32 Å². The number of fused-ring (bicyclic) bond motifs is 3. The summed E-state index contributed by atoms with van der Waals surface area (Å²) in [7, 11) is 0. The second-order valence-corrected chi connectivity index (χ2v) is 7.66. The molecule has 0 aliphatic rings. The third-order valence-electron chi connectivity index (χ3n) is 5.65. The van der Waals surface area contributed by atoms with Gasteiger partial charge >= 0.3 is 0 Å². The third-order valence-corrected chi connectivity index (χ3v) is 5.65. The number of hydrogen-bond donors (Lipinski definition) is 1. The van der Waals surface area contributed by atoms with E-state index in [4.69, 9.17) is 10.1 Å². The Hall–Kier alpha value is -3.21. The van der Waals surface area contributed by atoms with Gasteiger partial charge in [0.15, 0.2) is 5.65 Å². The predicted molar refractivity (Wildman–Crippen MR) is 116 cm³/mol. The molecule has 0 radical (unpaired) electrons. The summed E-state index contributed by atoms with van der Waals surface area (Å²) in [5, 5.41) is 8.87. The lowest BCUT2D eigenvalue weighted by molar-refractivity contribution is -0.121. The van der Waals surface area contributed by atoms with Crippen LogP contribution in [0, 0.1) is 20.8 Å². The summed E-state index contributed by atoms with van der Waals surface area (Å²) in [4.78, 5) is 17.4. The summed E-state index contributed by atoms with van der Waals surface area (Å²) in [5.74, 6) is 0.0466. The molecule has 4 rings (SSSR count). The van der Waals surface area contributed by atoms with Crippen molar-refractivity contribution in [3.63, 3.8) is 0 Å². The molecule has 2 aromatic heterocycles. The molecule has 148 valence electrons. The van der Waals surface area contributed by atoms with Crippen molar-refractivity contribution in [2.45, 2.75) is 46.6 Å². The zero-order chi connectivity index (χ0) is 20.5. The molecule has 0 spiro atoms. The Morgan fingerprint density at radius 1 is 1.07 bits per heavy atom. The number of benzene rings is 2. The Morgan fingerprint density at radius 2 is 1.79 bits per heavy atom. The molecule has 5 nitrogen and oxygen atoms in total. The Labute approximate surface area is 170 Å². The van der Waals surface area contributed by atoms with Crippen molar-refractivity contribution in [1.82, 2.24) is 19.9 Å². The van der Waals surface area contributed by atoms with Crippen molar-refractivity contribution in [1.29, 1.82) is 0 Å². The predicted octanol–water partition coefficient (Wildman–Crippen LogP) is 4.62. The fraction of sp³-hybridized carbons (Fsp3) is 0.292. The Kier molecular flexibility index (Phi) is 5.05. The smallest absolute Gasteiger partial charge is 0.220 e. The van der Waals surface area contributed by atoms with Gasteiger partial charge in [-0.05, 0) is 62.9 Å². The van der Waals surface area contributed by atoms with E-state index in [2.05, 4.69) is 31.3 Å². The highest BCUT2D eigenvalue weighted by Gasteiger charge is 2.16. The average molecular weight is 386 g/mol. The van der Waals surface area contributed by atoms with Crippen LogP contribution in [0.3, 0.4) is 0 Å². The van der Waals surface area contributed by atoms with Crippen LogP contribution in [-0.2, 0) is 11.2 Å². The van der Waals surface area contributed by atoms with Crippen LogP contribution in [0.25, 0.3) is 16.6 Å². The van der Waals surface area contributed by atoms with Gasteiger partial charge in [-0.3, -0.25) is 4.79 Å². The molecule has 0 aliphatic heterocycles. The molecule has 5 heteroatoms. The zero-order valence-electron chi connectivity index (χ0n) is 17.4. The van der Waals surface area contributed by atoms with E-state index in [0.717, 1.165) is 39.1 Å². The zero-order valence-corrected chi connectivity index (χ0v) is 17.4. The maximum absolute atomic E-state index is 12.6. The molecule has 0 fully saturated rings. The van der Waals surface area contributed by atoms with E-state index < -0.39 is 0 Å². The van der Waals surface area contributed by atoms with Crippen LogP contribution >= 0.6 is 0 Å². The molecule has 1 N–H and O–H groups in total. The van der Waals surface area contributed by atoms with Gasteiger partial charge in [-0.15, -0.1) is 0 Å². The van der Waals surface area contributed by atoms with Crippen LogP contribution in [-0.4, -0.2) is 20.5 Å². The number of carbonyl (C=O) groups excluding carboxylic acids is 1. The van der Waals surface area contributed by atoms with Gasteiger partial charge in [0.05, 0.1) is 11.6 Å². The van der Waals surface area contributed by atoms with Gasteiger partial charge in [-0.1, -0.05) is 36.4 Å². The quantitative estimate of drug-likeness (QED) is 0.544. The monoisotopic (exact) mass is 386 g/mol. The highest BCUT2D eigenvalue weighted by molar-refractivity contribution is 5.92. The molecular formula is C24H26N4O. The molecule has 0 aliphatic carbocycles. The molecule has 0 saturated heterocycles. The second kappa shape index (κ2) is 7.66. The normalized spacial score (nSPS) is 12.4. The van der Waals surface area contributed by atoms with E-state index in [9.17, 15) is 4.79 Å². The summed E-state index contributed by atoms with van der Waals surface area (Å²) in [5.41, 5.74) is 7.24. The molecule has 0 unspecified atom stereocenters. The van der Waals surface area contributed by atoms with Crippen LogP contribution in [0.1, 0.15) is 47.5 Å². The number of carbonyl (C=O) groups is 1. The summed E-state index contributed by atoms with van der Waals surface area (Å²) < 4.78 is 1.90. The van der Waals surface area contributed by atoms with E-state index in [-0.39, 0.29) is 11.9 Å². The van der Waals surface area contributed by atoms with Gasteiger partial charge < -0.3 is 5.32 Å². The molecule has 0 bridgehead atoms. The van der Waals surface area contributed by atoms with Crippen molar-refractivity contribution >= 4 is 22.5 Å². The second-order valence-electron chi connectivity index (χ2n) is 7.66. The van der Waals surface area contributed by atoms with E-state index >= 15 is 0 Å². The van der Waals surface area contributed by atoms with Crippen molar-refractivity contribution in [2.75, 3.05) is 0 Å². The molecule has 2 aromatic carbocycles. The van der Waals surface area contributed by atoms with E-state index in [1.807, 2.05) is 54.8 Å². The van der Waals surface area contributed by atoms with E-state index in [0.29, 0.717) is 12.8 Å². The lowest BCUT2D eigenvalue weighted by Gasteiger charge is -2.17. The van der Waals surface area contributed by atoms with Gasteiger partial charge in [0.1, 0.15) is 0 Å². The van der Waals surface area contributed by atoms with Gasteiger partial charge in [0.25, 0.3) is 0 Å². The van der Waals surface area contributed by atoms with E-state index in [1.54, 1.807) is 0 Å². The Balaban J connectivity index is 1.53. The minimum absolute atomic E-state index is 0.0112. The van der Waals surface area contributed by atoms with Crippen molar-refractivity contribution in [3.05, 3.63) is 76.6 Å². The van der Waals surface area contributed by atoms with Crippen LogP contribution in [0.5, 0.6) is 0 Å². The maximum Gasteiger partial charge on any atom is 0.220 e. The van der Waals surface area contributed by atoms with Crippen LogP contribution in [0.2, 0.25) is 0 Å². The lowest BCUT2D eigenvalue weighted by atomic mass is 10.0. The summed E-state index contributed by atoms with van der Waals surface area (Å²) >= 11 is 0.